The van der Waals surface area contributed by atoms with Gasteiger partial charge in [0.2, 0.25) is 0 Å². The molecule has 0 radical (unpaired) electrons. The molecular weight excluding hydrogens is 418 g/mol. The molecule has 6 nitrogen and oxygen atoms in total. The van der Waals surface area contributed by atoms with Gasteiger partial charge < -0.3 is 19.1 Å². The predicted octanol–water partition coefficient (Wildman–Crippen LogP) is 4.85. The molecule has 0 saturated carbocycles. The number of esters is 2. The summed E-state index contributed by atoms with van der Waals surface area (Å²) in [5.74, 6) is -0.958. The Hall–Kier alpha value is -3.25. The lowest BCUT2D eigenvalue weighted by Gasteiger charge is -2.30. The van der Waals surface area contributed by atoms with E-state index in [1.807, 2.05) is 12.1 Å². The average Bonchev–Trinajstić information content (AvgIpc) is 2.79. The first-order valence-corrected chi connectivity index (χ1v) is 10.3. The molecule has 0 amide bonds. The topological polar surface area (TPSA) is 65.1 Å². The van der Waals surface area contributed by atoms with E-state index in [4.69, 9.17) is 25.8 Å². The van der Waals surface area contributed by atoms with Gasteiger partial charge in [0.25, 0.3) is 0 Å². The van der Waals surface area contributed by atoms with Gasteiger partial charge in [-0.1, -0.05) is 23.7 Å². The van der Waals surface area contributed by atoms with Crippen molar-refractivity contribution in [3.05, 3.63) is 82.7 Å². The number of nitrogens with zero attached hydrogens (tertiary/aromatic N) is 1. The van der Waals surface area contributed by atoms with E-state index in [1.54, 1.807) is 74.7 Å². The van der Waals surface area contributed by atoms with Crippen molar-refractivity contribution in [1.82, 2.24) is 0 Å². The van der Waals surface area contributed by atoms with Crippen molar-refractivity contribution in [2.24, 2.45) is 0 Å². The molecule has 0 bridgehead atoms. The molecular formula is C24H24ClNO5. The lowest BCUT2D eigenvalue weighted by molar-refractivity contribution is -0.139. The number of methoxy groups -OCH3 is 1. The van der Waals surface area contributed by atoms with Crippen LogP contribution in [0, 0.1) is 0 Å². The molecule has 0 saturated heterocycles. The number of anilines is 1. The maximum atomic E-state index is 12.9. The van der Waals surface area contributed by atoms with Crippen LogP contribution in [0.1, 0.15) is 25.3 Å². The summed E-state index contributed by atoms with van der Waals surface area (Å²) in [5.41, 5.74) is 2.13. The minimum absolute atomic E-state index is 0.213. The summed E-state index contributed by atoms with van der Waals surface area (Å²) in [6.07, 6.45) is 3.36. The summed E-state index contributed by atoms with van der Waals surface area (Å²) < 4.78 is 15.8. The van der Waals surface area contributed by atoms with Crippen LogP contribution in [0.3, 0.4) is 0 Å². The molecule has 0 spiro atoms. The maximum Gasteiger partial charge on any atom is 0.336 e. The SMILES string of the molecule is CCOC(=O)C1=CN(c2ccc(OC)cc2)C=C(C(=O)OCC)C1c1ccc(Cl)cc1. The number of hydrogen-bond acceptors (Lipinski definition) is 6. The third kappa shape index (κ3) is 5.09. The smallest absolute Gasteiger partial charge is 0.336 e. The van der Waals surface area contributed by atoms with Gasteiger partial charge in [-0.3, -0.25) is 0 Å². The van der Waals surface area contributed by atoms with Gasteiger partial charge in [0.15, 0.2) is 0 Å². The van der Waals surface area contributed by atoms with E-state index in [0.29, 0.717) is 21.9 Å². The average molecular weight is 442 g/mol. The molecule has 0 fully saturated rings. The largest absolute Gasteiger partial charge is 0.497 e. The van der Waals surface area contributed by atoms with E-state index in [0.717, 1.165) is 11.3 Å². The molecule has 0 atom stereocenters. The summed E-state index contributed by atoms with van der Waals surface area (Å²) in [5, 5.41) is 0.558. The number of benzene rings is 2. The Morgan fingerprint density at radius 1 is 0.871 bits per heavy atom. The van der Waals surface area contributed by atoms with Crippen molar-refractivity contribution in [3.63, 3.8) is 0 Å². The summed E-state index contributed by atoms with van der Waals surface area (Å²) in [6, 6.07) is 14.3. The molecule has 1 aliphatic heterocycles. The van der Waals surface area contributed by atoms with Gasteiger partial charge in [-0.05, 0) is 55.8 Å². The Morgan fingerprint density at radius 2 is 1.39 bits per heavy atom. The molecule has 1 heterocycles. The van der Waals surface area contributed by atoms with E-state index in [2.05, 4.69) is 0 Å². The first kappa shape index (κ1) is 22.4. The summed E-state index contributed by atoms with van der Waals surface area (Å²) in [4.78, 5) is 27.5. The van der Waals surface area contributed by atoms with E-state index in [1.165, 1.54) is 0 Å². The Bertz CT molecular complexity index is 960. The van der Waals surface area contributed by atoms with Gasteiger partial charge >= 0.3 is 11.9 Å². The lowest BCUT2D eigenvalue weighted by Crippen LogP contribution is -2.29. The number of carbonyl (C=O) groups excluding carboxylic acids is 2. The molecule has 0 unspecified atom stereocenters. The Labute approximate surface area is 186 Å². The summed E-state index contributed by atoms with van der Waals surface area (Å²) >= 11 is 6.04. The standard InChI is InChI=1S/C24H24ClNO5/c1-4-30-23(27)20-14-26(18-10-12-19(29-3)13-11-18)15-21(24(28)31-5-2)22(20)16-6-8-17(25)9-7-16/h6-15,22H,4-5H2,1-3H3. The van der Waals surface area contributed by atoms with Crippen molar-refractivity contribution in [2.45, 2.75) is 19.8 Å². The van der Waals surface area contributed by atoms with Crippen LogP contribution in [0.2, 0.25) is 5.02 Å². The number of carbonyl (C=O) groups is 2. The van der Waals surface area contributed by atoms with Crippen LogP contribution in [0.25, 0.3) is 0 Å². The van der Waals surface area contributed by atoms with E-state index in [9.17, 15) is 9.59 Å². The first-order chi connectivity index (χ1) is 15.0. The summed E-state index contributed by atoms with van der Waals surface area (Å²) in [6.45, 7) is 3.90. The highest BCUT2D eigenvalue weighted by Crippen LogP contribution is 2.39. The van der Waals surface area contributed by atoms with Gasteiger partial charge in [-0.15, -0.1) is 0 Å². The highest BCUT2D eigenvalue weighted by molar-refractivity contribution is 6.30. The second-order valence-electron chi connectivity index (χ2n) is 6.70. The van der Waals surface area contributed by atoms with Crippen molar-refractivity contribution in [2.75, 3.05) is 25.2 Å². The molecule has 2 aromatic rings. The zero-order chi connectivity index (χ0) is 22.4. The molecule has 0 N–H and O–H groups in total. The van der Waals surface area contributed by atoms with Crippen LogP contribution in [0.4, 0.5) is 5.69 Å². The quantitative estimate of drug-likeness (QED) is 0.572. The van der Waals surface area contributed by atoms with Gasteiger partial charge in [0, 0.05) is 23.1 Å². The van der Waals surface area contributed by atoms with Gasteiger partial charge in [0.1, 0.15) is 5.75 Å². The normalized spacial score (nSPS) is 13.9. The zero-order valence-electron chi connectivity index (χ0n) is 17.6. The molecule has 3 rings (SSSR count). The fraction of sp³-hybridized carbons (Fsp3) is 0.250. The minimum Gasteiger partial charge on any atom is -0.497 e. The van der Waals surface area contributed by atoms with Gasteiger partial charge in [0.05, 0.1) is 37.4 Å². The molecule has 162 valence electrons. The van der Waals surface area contributed by atoms with Crippen LogP contribution in [-0.2, 0) is 19.1 Å². The number of hydrogen-bond donors (Lipinski definition) is 0. The molecule has 2 aromatic carbocycles. The maximum absolute atomic E-state index is 12.9. The monoisotopic (exact) mass is 441 g/mol. The Morgan fingerprint density at radius 3 is 1.84 bits per heavy atom. The van der Waals surface area contributed by atoms with E-state index in [-0.39, 0.29) is 13.2 Å². The number of rotatable bonds is 7. The van der Waals surface area contributed by atoms with Gasteiger partial charge in [-0.2, -0.15) is 0 Å². The molecule has 7 heteroatoms. The zero-order valence-corrected chi connectivity index (χ0v) is 18.4. The van der Waals surface area contributed by atoms with Crippen molar-refractivity contribution in [3.8, 4) is 5.75 Å². The van der Waals surface area contributed by atoms with Crippen molar-refractivity contribution < 1.29 is 23.8 Å². The molecule has 0 aliphatic carbocycles. The fourth-order valence-electron chi connectivity index (χ4n) is 3.34. The lowest BCUT2D eigenvalue weighted by atomic mass is 9.83. The predicted molar refractivity (Wildman–Crippen MR) is 119 cm³/mol. The Balaban J connectivity index is 2.14. The van der Waals surface area contributed by atoms with Crippen molar-refractivity contribution in [1.29, 1.82) is 0 Å². The minimum atomic E-state index is -0.648. The fourth-order valence-corrected chi connectivity index (χ4v) is 3.47. The van der Waals surface area contributed by atoms with Crippen molar-refractivity contribution >= 4 is 29.2 Å². The molecule has 31 heavy (non-hydrogen) atoms. The Kier molecular flexibility index (Phi) is 7.36. The second kappa shape index (κ2) is 10.2. The first-order valence-electron chi connectivity index (χ1n) is 9.94. The number of ether oxygens (including phenoxy) is 3. The van der Waals surface area contributed by atoms with Crippen LogP contribution < -0.4 is 9.64 Å². The third-order valence-electron chi connectivity index (χ3n) is 4.77. The number of halogens is 1. The van der Waals surface area contributed by atoms with Crippen LogP contribution in [-0.4, -0.2) is 32.3 Å². The highest BCUT2D eigenvalue weighted by atomic mass is 35.5. The van der Waals surface area contributed by atoms with E-state index >= 15 is 0 Å². The highest BCUT2D eigenvalue weighted by Gasteiger charge is 2.35. The third-order valence-corrected chi connectivity index (χ3v) is 5.03. The van der Waals surface area contributed by atoms with Crippen LogP contribution >= 0.6 is 11.6 Å². The van der Waals surface area contributed by atoms with Gasteiger partial charge in [-0.25, -0.2) is 9.59 Å². The second-order valence-corrected chi connectivity index (χ2v) is 7.14. The van der Waals surface area contributed by atoms with Crippen LogP contribution in [0.15, 0.2) is 72.1 Å². The summed E-state index contributed by atoms with van der Waals surface area (Å²) in [7, 11) is 1.59. The molecule has 0 aromatic heterocycles. The molecule has 1 aliphatic rings. The van der Waals surface area contributed by atoms with Crippen LogP contribution in [0.5, 0.6) is 5.75 Å². The van der Waals surface area contributed by atoms with E-state index < -0.39 is 17.9 Å².